The van der Waals surface area contributed by atoms with E-state index in [1.165, 1.54) is 6.42 Å². The van der Waals surface area contributed by atoms with Crippen LogP contribution in [0.2, 0.25) is 0 Å². The Morgan fingerprint density at radius 1 is 1.07 bits per heavy atom. The number of nitrogens with zero attached hydrogens (tertiary/aromatic N) is 1. The average molecular weight is 397 g/mol. The summed E-state index contributed by atoms with van der Waals surface area (Å²) in [5, 5.41) is 13.9. The molecule has 29 heavy (non-hydrogen) atoms. The number of benzene rings is 1. The van der Waals surface area contributed by atoms with Gasteiger partial charge < -0.3 is 9.84 Å². The molecule has 1 fully saturated rings. The van der Waals surface area contributed by atoms with Crippen molar-refractivity contribution in [1.29, 1.82) is 0 Å². The molecule has 1 aromatic heterocycles. The van der Waals surface area contributed by atoms with Crippen molar-refractivity contribution >= 4 is 5.97 Å². The Morgan fingerprint density at radius 2 is 1.76 bits per heavy atom. The van der Waals surface area contributed by atoms with Crippen LogP contribution in [0.5, 0.6) is 11.6 Å². The maximum Gasteiger partial charge on any atom is 0.324 e. The van der Waals surface area contributed by atoms with E-state index in [1.807, 2.05) is 63.2 Å². The molecule has 1 heterocycles. The summed E-state index contributed by atoms with van der Waals surface area (Å²) in [4.78, 5) is 17.3. The zero-order valence-electron chi connectivity index (χ0n) is 17.6. The molecule has 1 aliphatic carbocycles. The average Bonchev–Trinajstić information content (AvgIpc) is 2.73. The Morgan fingerprint density at radius 3 is 2.38 bits per heavy atom. The third-order valence-corrected chi connectivity index (χ3v) is 6.15. The van der Waals surface area contributed by atoms with Crippen molar-refractivity contribution in [1.82, 2.24) is 10.3 Å². The van der Waals surface area contributed by atoms with Gasteiger partial charge in [-0.1, -0.05) is 64.3 Å². The predicted octanol–water partition coefficient (Wildman–Crippen LogP) is 5.38. The van der Waals surface area contributed by atoms with Crippen LogP contribution in [0, 0.1) is 5.92 Å². The number of carboxylic acids is 1. The summed E-state index contributed by atoms with van der Waals surface area (Å²) < 4.78 is 5.87. The number of hydrogen-bond donors (Lipinski definition) is 2. The van der Waals surface area contributed by atoms with Crippen molar-refractivity contribution in [3.8, 4) is 11.6 Å². The van der Waals surface area contributed by atoms with Gasteiger partial charge in [0.25, 0.3) is 0 Å². The number of pyridine rings is 1. The first-order chi connectivity index (χ1) is 13.9. The monoisotopic (exact) mass is 396 g/mol. The molecule has 3 rings (SSSR count). The molecule has 2 aromatic rings. The van der Waals surface area contributed by atoms with Crippen molar-refractivity contribution in [3.05, 3.63) is 54.2 Å². The highest BCUT2D eigenvalue weighted by Gasteiger charge is 2.49. The van der Waals surface area contributed by atoms with E-state index in [9.17, 15) is 9.90 Å². The van der Waals surface area contributed by atoms with Crippen LogP contribution in [0.3, 0.4) is 0 Å². The van der Waals surface area contributed by atoms with Crippen molar-refractivity contribution in [2.45, 2.75) is 70.4 Å². The summed E-state index contributed by atoms with van der Waals surface area (Å²) in [5.41, 5.74) is -0.363. The second-order valence-electron chi connectivity index (χ2n) is 8.35. The lowest BCUT2D eigenvalue weighted by molar-refractivity contribution is -0.149. The molecule has 0 aliphatic heterocycles. The normalized spacial score (nSPS) is 18.2. The minimum Gasteiger partial charge on any atom is -0.480 e. The minimum absolute atomic E-state index is 0.0996. The zero-order valence-corrected chi connectivity index (χ0v) is 17.6. The second-order valence-corrected chi connectivity index (χ2v) is 8.35. The number of hydrogen-bond acceptors (Lipinski definition) is 4. The van der Waals surface area contributed by atoms with E-state index >= 15 is 0 Å². The molecule has 5 heteroatoms. The van der Waals surface area contributed by atoms with Crippen LogP contribution in [0.4, 0.5) is 0 Å². The van der Waals surface area contributed by atoms with Crippen LogP contribution in [0.25, 0.3) is 0 Å². The van der Waals surface area contributed by atoms with Crippen LogP contribution in [0.1, 0.15) is 64.5 Å². The number of carbonyl (C=O) groups is 1. The molecule has 2 atom stereocenters. The van der Waals surface area contributed by atoms with Crippen LogP contribution < -0.4 is 10.1 Å². The molecule has 0 spiro atoms. The van der Waals surface area contributed by atoms with E-state index in [-0.39, 0.29) is 17.9 Å². The van der Waals surface area contributed by atoms with Gasteiger partial charge in [-0.2, -0.15) is 0 Å². The van der Waals surface area contributed by atoms with Gasteiger partial charge in [0, 0.05) is 23.7 Å². The summed E-state index contributed by atoms with van der Waals surface area (Å²) in [7, 11) is 0. The van der Waals surface area contributed by atoms with Gasteiger partial charge in [0.05, 0.1) is 0 Å². The number of aliphatic carboxylic acids is 1. The van der Waals surface area contributed by atoms with Gasteiger partial charge in [0.2, 0.25) is 5.88 Å². The van der Waals surface area contributed by atoms with Crippen LogP contribution in [-0.4, -0.2) is 27.6 Å². The second kappa shape index (κ2) is 9.40. The summed E-state index contributed by atoms with van der Waals surface area (Å²) in [6, 6.07) is 15.3. The molecule has 0 radical (unpaired) electrons. The fourth-order valence-electron chi connectivity index (χ4n) is 4.44. The predicted molar refractivity (Wildman–Crippen MR) is 114 cm³/mol. The number of para-hydroxylation sites is 1. The molecule has 2 N–H and O–H groups in total. The number of nitrogens with one attached hydrogen (secondary N) is 1. The van der Waals surface area contributed by atoms with Crippen molar-refractivity contribution in [3.63, 3.8) is 0 Å². The van der Waals surface area contributed by atoms with Gasteiger partial charge in [0.15, 0.2) is 0 Å². The number of rotatable bonds is 8. The van der Waals surface area contributed by atoms with E-state index in [1.54, 1.807) is 6.07 Å². The molecular weight excluding hydrogens is 364 g/mol. The number of carboxylic acid groups (broad SMARTS) is 1. The highest BCUT2D eigenvalue weighted by atomic mass is 16.5. The Bertz CT molecular complexity index is 803. The van der Waals surface area contributed by atoms with Gasteiger partial charge in [-0.15, -0.1) is 0 Å². The van der Waals surface area contributed by atoms with E-state index in [4.69, 9.17) is 4.74 Å². The van der Waals surface area contributed by atoms with Crippen LogP contribution in [-0.2, 0) is 4.79 Å². The lowest BCUT2D eigenvalue weighted by Gasteiger charge is -2.43. The van der Waals surface area contributed by atoms with E-state index in [0.717, 1.165) is 31.4 Å². The van der Waals surface area contributed by atoms with Gasteiger partial charge in [-0.25, -0.2) is 4.98 Å². The summed E-state index contributed by atoms with van der Waals surface area (Å²) in [6.45, 7) is 5.91. The highest BCUT2D eigenvalue weighted by Crippen LogP contribution is 2.36. The SMILES string of the molecule is CC(C)C(NC1CCCCC1)(C(=O)O)C(C)c1cccc(Oc2ccccc2)n1. The Hall–Kier alpha value is -2.40. The lowest BCUT2D eigenvalue weighted by Crippen LogP contribution is -2.62. The largest absolute Gasteiger partial charge is 0.480 e. The first-order valence-corrected chi connectivity index (χ1v) is 10.6. The first-order valence-electron chi connectivity index (χ1n) is 10.6. The van der Waals surface area contributed by atoms with E-state index < -0.39 is 11.5 Å². The maximum atomic E-state index is 12.6. The quantitative estimate of drug-likeness (QED) is 0.627. The van der Waals surface area contributed by atoms with Crippen molar-refractivity contribution < 1.29 is 14.6 Å². The molecule has 1 aromatic carbocycles. The molecule has 1 aliphatic rings. The third kappa shape index (κ3) is 4.78. The smallest absolute Gasteiger partial charge is 0.324 e. The fourth-order valence-corrected chi connectivity index (χ4v) is 4.44. The maximum absolute atomic E-state index is 12.6. The molecule has 0 saturated heterocycles. The zero-order chi connectivity index (χ0) is 20.9. The van der Waals surface area contributed by atoms with Crippen molar-refractivity contribution in [2.75, 3.05) is 0 Å². The van der Waals surface area contributed by atoms with Gasteiger partial charge in [-0.05, 0) is 37.0 Å². The first kappa shape index (κ1) is 21.3. The minimum atomic E-state index is -1.08. The van der Waals surface area contributed by atoms with E-state index in [0.29, 0.717) is 11.6 Å². The molecule has 2 unspecified atom stereocenters. The Balaban J connectivity index is 1.89. The molecule has 5 nitrogen and oxygen atoms in total. The standard InChI is InChI=1S/C24H32N2O3/c1-17(2)24(23(27)28,26-19-11-6-4-7-12-19)18(3)21-15-10-16-22(25-21)29-20-13-8-5-9-14-20/h5,8-10,13-19,26H,4,6-7,11-12H2,1-3H3,(H,27,28). The summed E-state index contributed by atoms with van der Waals surface area (Å²) in [6.07, 6.45) is 5.59. The molecule has 1 saturated carbocycles. The molecule has 0 amide bonds. The molecular formula is C24H32N2O3. The fraction of sp³-hybridized carbons (Fsp3) is 0.500. The molecule has 0 bridgehead atoms. The van der Waals surface area contributed by atoms with Crippen molar-refractivity contribution in [2.24, 2.45) is 5.92 Å². The van der Waals surface area contributed by atoms with Gasteiger partial charge >= 0.3 is 5.97 Å². The topological polar surface area (TPSA) is 71.5 Å². The third-order valence-electron chi connectivity index (χ3n) is 6.15. The highest BCUT2D eigenvalue weighted by molar-refractivity contribution is 5.81. The number of ether oxygens (including phenoxy) is 1. The van der Waals surface area contributed by atoms with E-state index in [2.05, 4.69) is 10.3 Å². The number of aromatic nitrogens is 1. The van der Waals surface area contributed by atoms with Gasteiger partial charge in [-0.3, -0.25) is 10.1 Å². The Labute approximate surface area is 173 Å². The molecule has 156 valence electrons. The summed E-state index contributed by atoms with van der Waals surface area (Å²) >= 11 is 0. The van der Waals surface area contributed by atoms with Gasteiger partial charge in [0.1, 0.15) is 11.3 Å². The van der Waals surface area contributed by atoms with Crippen LogP contribution in [0.15, 0.2) is 48.5 Å². The lowest BCUT2D eigenvalue weighted by atomic mass is 9.73. The Kier molecular flexibility index (Phi) is 6.91. The van der Waals surface area contributed by atoms with Crippen LogP contribution >= 0.6 is 0 Å². The summed E-state index contributed by atoms with van der Waals surface area (Å²) in [5.74, 6) is -0.0554.